The highest BCUT2D eigenvalue weighted by Gasteiger charge is 2.25. The van der Waals surface area contributed by atoms with E-state index in [1.807, 2.05) is 24.6 Å². The molecule has 3 rings (SSSR count). The summed E-state index contributed by atoms with van der Waals surface area (Å²) < 4.78 is 2.01. The zero-order chi connectivity index (χ0) is 19.1. The Balaban J connectivity index is 0.00000280. The third-order valence-electron chi connectivity index (χ3n) is 4.99. The second-order valence-electron chi connectivity index (χ2n) is 6.96. The lowest BCUT2D eigenvalue weighted by Gasteiger charge is -2.18. The highest BCUT2D eigenvalue weighted by Crippen LogP contribution is 2.29. The summed E-state index contributed by atoms with van der Waals surface area (Å²) in [6, 6.07) is 10.8. The fourth-order valence-electron chi connectivity index (χ4n) is 3.33. The van der Waals surface area contributed by atoms with Crippen molar-refractivity contribution in [2.45, 2.75) is 57.5 Å². The molecule has 1 aliphatic carbocycles. The van der Waals surface area contributed by atoms with Crippen molar-refractivity contribution in [3.05, 3.63) is 47.5 Å². The summed E-state index contributed by atoms with van der Waals surface area (Å²) in [5, 5.41) is 16.2. The Labute approximate surface area is 189 Å². The number of guanidine groups is 1. The minimum absolute atomic E-state index is 0. The Morgan fingerprint density at radius 3 is 2.71 bits per heavy atom. The molecule has 2 atom stereocenters. The Morgan fingerprint density at radius 1 is 1.25 bits per heavy atom. The normalized spacial score (nSPS) is 19.3. The van der Waals surface area contributed by atoms with Crippen LogP contribution in [-0.4, -0.2) is 37.8 Å². The average molecular weight is 514 g/mol. The van der Waals surface area contributed by atoms with Gasteiger partial charge in [0.25, 0.3) is 0 Å². The van der Waals surface area contributed by atoms with Gasteiger partial charge in [0.1, 0.15) is 5.82 Å². The van der Waals surface area contributed by atoms with Gasteiger partial charge >= 0.3 is 0 Å². The summed E-state index contributed by atoms with van der Waals surface area (Å²) in [4.78, 5) is 4.81. The molecule has 0 saturated heterocycles. The largest absolute Gasteiger partial charge is 0.354 e. The van der Waals surface area contributed by atoms with Crippen molar-refractivity contribution in [1.82, 2.24) is 25.4 Å². The van der Waals surface area contributed by atoms with Crippen molar-refractivity contribution in [1.29, 1.82) is 0 Å². The molecule has 1 aromatic carbocycles. The molecule has 0 aliphatic heterocycles. The van der Waals surface area contributed by atoms with Crippen molar-refractivity contribution in [3.63, 3.8) is 0 Å². The van der Waals surface area contributed by atoms with Crippen LogP contribution < -0.4 is 10.6 Å². The van der Waals surface area contributed by atoms with Gasteiger partial charge in [-0.2, -0.15) is 11.8 Å². The number of aliphatic imine (C=N–C) groups is 1. The van der Waals surface area contributed by atoms with Crippen LogP contribution in [-0.2, 0) is 20.1 Å². The van der Waals surface area contributed by atoms with Gasteiger partial charge in [-0.25, -0.2) is 4.99 Å². The van der Waals surface area contributed by atoms with Gasteiger partial charge in [-0.1, -0.05) is 37.3 Å². The molecule has 0 amide bonds. The van der Waals surface area contributed by atoms with E-state index >= 15 is 0 Å². The third-order valence-corrected chi connectivity index (χ3v) is 6.22. The van der Waals surface area contributed by atoms with E-state index < -0.39 is 0 Å². The molecule has 2 unspecified atom stereocenters. The maximum atomic E-state index is 4.81. The summed E-state index contributed by atoms with van der Waals surface area (Å²) >= 11 is 2.07. The van der Waals surface area contributed by atoms with Gasteiger partial charge in [-0.05, 0) is 37.5 Å². The number of nitrogens with zero attached hydrogens (tertiary/aromatic N) is 4. The first-order valence-corrected chi connectivity index (χ1v) is 10.8. The average Bonchev–Trinajstić information content (AvgIpc) is 3.26. The molecule has 6 nitrogen and oxygen atoms in total. The summed E-state index contributed by atoms with van der Waals surface area (Å²) in [6.07, 6.45) is 3.69. The molecule has 1 fully saturated rings. The number of benzene rings is 1. The van der Waals surface area contributed by atoms with Gasteiger partial charge in [0.2, 0.25) is 0 Å². The van der Waals surface area contributed by atoms with Crippen molar-refractivity contribution >= 4 is 41.7 Å². The van der Waals surface area contributed by atoms with Crippen molar-refractivity contribution in [3.8, 4) is 0 Å². The molecule has 1 aromatic heterocycles. The maximum Gasteiger partial charge on any atom is 0.192 e. The lowest BCUT2D eigenvalue weighted by molar-refractivity contribution is 0.607. The highest BCUT2D eigenvalue weighted by atomic mass is 127. The van der Waals surface area contributed by atoms with Crippen LogP contribution in [0.15, 0.2) is 35.3 Å². The van der Waals surface area contributed by atoms with Gasteiger partial charge < -0.3 is 15.2 Å². The van der Waals surface area contributed by atoms with Crippen LogP contribution in [0.1, 0.15) is 43.4 Å². The molecular weight excluding hydrogens is 483 g/mol. The minimum Gasteiger partial charge on any atom is -0.354 e. The van der Waals surface area contributed by atoms with E-state index in [9.17, 15) is 0 Å². The number of nitrogens with one attached hydrogen (secondary N) is 2. The highest BCUT2D eigenvalue weighted by molar-refractivity contribution is 14.0. The quantitative estimate of drug-likeness (QED) is 0.336. The molecule has 8 heteroatoms. The molecular formula is C20H31IN6S. The van der Waals surface area contributed by atoms with Gasteiger partial charge in [-0.15, -0.1) is 34.2 Å². The first-order valence-electron chi connectivity index (χ1n) is 9.71. The molecule has 154 valence electrons. The van der Waals surface area contributed by atoms with Crippen LogP contribution in [0.3, 0.4) is 0 Å². The van der Waals surface area contributed by atoms with Crippen LogP contribution in [0.25, 0.3) is 0 Å². The second kappa shape index (κ2) is 11.6. The zero-order valence-corrected chi connectivity index (χ0v) is 20.0. The van der Waals surface area contributed by atoms with Crippen LogP contribution in [0.5, 0.6) is 0 Å². The number of halogens is 1. The summed E-state index contributed by atoms with van der Waals surface area (Å²) in [5.74, 6) is 3.87. The van der Waals surface area contributed by atoms with E-state index in [-0.39, 0.29) is 24.0 Å². The standard InChI is InChI=1S/C20H30N6S.HI/c1-4-27-18-11-10-17(12-18)23-20(21-13-16-8-6-5-7-9-16)22-14-19-25-24-15(2)26(19)3;/h5-9,17-18H,4,10-14H2,1-3H3,(H2,21,22,23);1H. The molecule has 0 spiro atoms. The molecule has 0 bridgehead atoms. The topological polar surface area (TPSA) is 67.1 Å². The molecule has 0 radical (unpaired) electrons. The molecule has 1 heterocycles. The lowest BCUT2D eigenvalue weighted by Crippen LogP contribution is -2.42. The van der Waals surface area contributed by atoms with Gasteiger partial charge in [0.15, 0.2) is 11.8 Å². The summed E-state index contributed by atoms with van der Waals surface area (Å²) in [7, 11) is 1.99. The van der Waals surface area contributed by atoms with Gasteiger partial charge in [-0.3, -0.25) is 0 Å². The maximum absolute atomic E-state index is 4.81. The monoisotopic (exact) mass is 514 g/mol. The number of hydrogen-bond acceptors (Lipinski definition) is 4. The van der Waals surface area contributed by atoms with Gasteiger partial charge in [0, 0.05) is 18.3 Å². The smallest absolute Gasteiger partial charge is 0.192 e. The Bertz CT molecular complexity index is 748. The van der Waals surface area contributed by atoms with Crippen LogP contribution >= 0.6 is 35.7 Å². The van der Waals surface area contributed by atoms with Crippen LogP contribution in [0.2, 0.25) is 0 Å². The predicted octanol–water partition coefficient (Wildman–Crippen LogP) is 3.65. The fourth-order valence-corrected chi connectivity index (χ4v) is 4.47. The summed E-state index contributed by atoms with van der Waals surface area (Å²) in [6.45, 7) is 5.47. The second-order valence-corrected chi connectivity index (χ2v) is 8.54. The molecule has 1 saturated carbocycles. The Kier molecular flexibility index (Phi) is 9.57. The van der Waals surface area contributed by atoms with Crippen LogP contribution in [0, 0.1) is 6.92 Å². The number of aryl methyl sites for hydroxylation is 1. The molecule has 1 aliphatic rings. The van der Waals surface area contributed by atoms with E-state index in [4.69, 9.17) is 4.99 Å². The number of aromatic nitrogens is 3. The Morgan fingerprint density at radius 2 is 2.04 bits per heavy atom. The van der Waals surface area contributed by atoms with Crippen molar-refractivity contribution < 1.29 is 0 Å². The molecule has 2 N–H and O–H groups in total. The number of rotatable bonds is 7. The van der Waals surface area contributed by atoms with E-state index in [0.717, 1.165) is 22.9 Å². The van der Waals surface area contributed by atoms with E-state index in [1.54, 1.807) is 0 Å². The molecule has 2 aromatic rings. The van der Waals surface area contributed by atoms with Gasteiger partial charge in [0.05, 0.1) is 13.1 Å². The van der Waals surface area contributed by atoms with E-state index in [2.05, 4.69) is 63.8 Å². The van der Waals surface area contributed by atoms with Crippen molar-refractivity contribution in [2.24, 2.45) is 12.0 Å². The first kappa shape index (κ1) is 23.0. The predicted molar refractivity (Wildman–Crippen MR) is 128 cm³/mol. The Hall–Kier alpha value is -1.29. The van der Waals surface area contributed by atoms with E-state index in [0.29, 0.717) is 19.1 Å². The lowest BCUT2D eigenvalue weighted by atomic mass is 10.2. The minimum atomic E-state index is 0. The zero-order valence-electron chi connectivity index (χ0n) is 16.9. The molecule has 28 heavy (non-hydrogen) atoms. The van der Waals surface area contributed by atoms with Crippen LogP contribution in [0.4, 0.5) is 0 Å². The third kappa shape index (κ3) is 6.65. The van der Waals surface area contributed by atoms with E-state index in [1.165, 1.54) is 30.6 Å². The number of thioether (sulfide) groups is 1. The number of hydrogen-bond donors (Lipinski definition) is 2. The SMILES string of the molecule is CCSC1CCC(NC(=NCc2ccccc2)NCc2nnc(C)n2C)C1.I. The fraction of sp³-hybridized carbons (Fsp3) is 0.550. The van der Waals surface area contributed by atoms with Crippen molar-refractivity contribution in [2.75, 3.05) is 5.75 Å². The summed E-state index contributed by atoms with van der Waals surface area (Å²) in [5.41, 5.74) is 1.21. The first-order chi connectivity index (χ1) is 13.2.